The van der Waals surface area contributed by atoms with Crippen molar-refractivity contribution >= 4 is 17.5 Å². The van der Waals surface area contributed by atoms with E-state index in [1.165, 1.54) is 6.08 Å². The van der Waals surface area contributed by atoms with Crippen LogP contribution in [-0.2, 0) is 23.9 Å². The molecule has 0 spiro atoms. The van der Waals surface area contributed by atoms with Gasteiger partial charge in [0.25, 0.3) is 5.91 Å². The van der Waals surface area contributed by atoms with Gasteiger partial charge in [-0.3, -0.25) is 14.4 Å². The van der Waals surface area contributed by atoms with E-state index >= 15 is 0 Å². The fourth-order valence-corrected chi connectivity index (χ4v) is 4.63. The van der Waals surface area contributed by atoms with Gasteiger partial charge in [-0.15, -0.1) is 0 Å². The molecule has 0 saturated carbocycles. The fraction of sp³-hybridized carbons (Fsp3) is 0.536. The van der Waals surface area contributed by atoms with Gasteiger partial charge in [-0.25, -0.2) is 0 Å². The van der Waals surface area contributed by atoms with Gasteiger partial charge in [0.05, 0.1) is 24.0 Å². The molecule has 0 radical (unpaired) electrons. The summed E-state index contributed by atoms with van der Waals surface area (Å²) >= 11 is 0. The third kappa shape index (κ3) is 7.69. The first-order chi connectivity index (χ1) is 16.5. The molecule has 2 N–H and O–H groups in total. The Bertz CT molecular complexity index is 970. The van der Waals surface area contributed by atoms with Crippen LogP contribution in [0, 0.1) is 17.8 Å². The van der Waals surface area contributed by atoms with E-state index < -0.39 is 12.0 Å². The number of hydrogen-bond acceptors (Lipinski definition) is 6. The molecule has 192 valence electrons. The van der Waals surface area contributed by atoms with Crippen LogP contribution in [-0.4, -0.2) is 55.1 Å². The summed E-state index contributed by atoms with van der Waals surface area (Å²) in [4.78, 5) is 37.9. The number of fused-ring (bicyclic) bond motifs is 2. The van der Waals surface area contributed by atoms with E-state index in [1.54, 1.807) is 33.3 Å². The van der Waals surface area contributed by atoms with Crippen LogP contribution in [0.4, 0.5) is 0 Å². The van der Waals surface area contributed by atoms with Crippen LogP contribution in [0.3, 0.4) is 0 Å². The Morgan fingerprint density at radius 1 is 1.00 bits per heavy atom. The van der Waals surface area contributed by atoms with E-state index in [4.69, 9.17) is 9.47 Å². The molecule has 0 saturated heterocycles. The maximum atomic E-state index is 13.0. The molecule has 2 aliphatic rings. The van der Waals surface area contributed by atoms with E-state index in [2.05, 4.69) is 5.32 Å². The van der Waals surface area contributed by atoms with Gasteiger partial charge in [0.1, 0.15) is 0 Å². The summed E-state index contributed by atoms with van der Waals surface area (Å²) in [7, 11) is 3.27. The number of carbonyl (C=O) groups excluding carboxylic acids is 3. The molecule has 7 nitrogen and oxygen atoms in total. The van der Waals surface area contributed by atoms with Gasteiger partial charge in [0.15, 0.2) is 5.78 Å². The Morgan fingerprint density at radius 2 is 1.69 bits per heavy atom. The highest BCUT2D eigenvalue weighted by Crippen LogP contribution is 2.28. The lowest BCUT2D eigenvalue weighted by Gasteiger charge is -2.31. The number of hydrogen-bond donors (Lipinski definition) is 2. The Morgan fingerprint density at radius 3 is 2.31 bits per heavy atom. The number of rotatable bonds is 2. The molecule has 1 amide bonds. The van der Waals surface area contributed by atoms with Gasteiger partial charge < -0.3 is 19.9 Å². The van der Waals surface area contributed by atoms with Crippen molar-refractivity contribution in [2.24, 2.45) is 17.8 Å². The van der Waals surface area contributed by atoms with E-state index in [0.717, 1.165) is 11.6 Å². The zero-order valence-electron chi connectivity index (χ0n) is 21.8. The number of Topliss-reactive ketones (excluding diaryl/α,β-unsaturated/α-hetero) is 1. The Kier molecular flexibility index (Phi) is 10.6. The van der Waals surface area contributed by atoms with Crippen molar-refractivity contribution in [2.45, 2.75) is 65.8 Å². The quantitative estimate of drug-likeness (QED) is 0.458. The van der Waals surface area contributed by atoms with E-state index in [9.17, 15) is 19.5 Å². The molecule has 0 aromatic carbocycles. The number of carbonyl (C=O) groups is 3. The van der Waals surface area contributed by atoms with Crippen LogP contribution in [0.1, 0.15) is 47.5 Å². The van der Waals surface area contributed by atoms with Gasteiger partial charge >= 0.3 is 0 Å². The fourth-order valence-electron chi connectivity index (χ4n) is 4.63. The number of amides is 1. The minimum absolute atomic E-state index is 0.00598. The summed E-state index contributed by atoms with van der Waals surface area (Å²) in [6.45, 7) is 9.43. The molecule has 1 aliphatic carbocycles. The van der Waals surface area contributed by atoms with Crippen LogP contribution >= 0.6 is 0 Å². The topological polar surface area (TPSA) is 102 Å². The standard InChI is InChI=1S/C28H39NO6/c1-16-11-21-14-22(30)15-23(26(21)32)29-28(33)18(3)10-8-9-17(2)25(31)19(4)13-20(5)27(35-7)24(12-16)34-6/h8-10,13-17,20,24-25,27,31H,11-12H2,1-7H3,(H,29,33)/b9-8-,18-10+,19-13+. The molecular formula is C28H39NO6. The molecule has 1 aliphatic heterocycles. The first-order valence-corrected chi connectivity index (χ1v) is 12.1. The monoisotopic (exact) mass is 485 g/mol. The highest BCUT2D eigenvalue weighted by molar-refractivity contribution is 6.21. The van der Waals surface area contributed by atoms with Gasteiger partial charge in [-0.1, -0.05) is 45.1 Å². The van der Waals surface area contributed by atoms with Crippen LogP contribution in [0.25, 0.3) is 0 Å². The van der Waals surface area contributed by atoms with Crippen molar-refractivity contribution in [2.75, 3.05) is 14.2 Å². The van der Waals surface area contributed by atoms with Crippen molar-refractivity contribution < 1.29 is 29.0 Å². The van der Waals surface area contributed by atoms with E-state index in [1.807, 2.05) is 39.8 Å². The van der Waals surface area contributed by atoms with Crippen LogP contribution < -0.4 is 5.32 Å². The average molecular weight is 486 g/mol. The van der Waals surface area contributed by atoms with E-state index in [0.29, 0.717) is 24.0 Å². The van der Waals surface area contributed by atoms with Crippen LogP contribution in [0.15, 0.2) is 58.9 Å². The zero-order valence-corrected chi connectivity index (χ0v) is 21.8. The Balaban J connectivity index is 2.46. The Labute approximate surface area is 208 Å². The molecule has 0 fully saturated rings. The number of allylic oxidation sites excluding steroid dienone is 5. The molecule has 2 rings (SSSR count). The minimum atomic E-state index is -0.698. The summed E-state index contributed by atoms with van der Waals surface area (Å²) < 4.78 is 11.6. The Hall–Kier alpha value is -2.61. The molecule has 2 bridgehead atoms. The second-order valence-electron chi connectivity index (χ2n) is 9.74. The molecule has 6 unspecified atom stereocenters. The van der Waals surface area contributed by atoms with Crippen molar-refractivity contribution in [1.82, 2.24) is 5.32 Å². The van der Waals surface area contributed by atoms with Crippen LogP contribution in [0.5, 0.6) is 0 Å². The van der Waals surface area contributed by atoms with E-state index in [-0.39, 0.29) is 47.2 Å². The number of ether oxygens (including phenoxy) is 2. The predicted octanol–water partition coefficient (Wildman–Crippen LogP) is 3.61. The first-order valence-electron chi connectivity index (χ1n) is 12.1. The summed E-state index contributed by atoms with van der Waals surface area (Å²) in [5.41, 5.74) is 1.54. The summed E-state index contributed by atoms with van der Waals surface area (Å²) in [5, 5.41) is 13.4. The molecular weight excluding hydrogens is 446 g/mol. The van der Waals surface area contributed by atoms with Gasteiger partial charge in [0, 0.05) is 43.3 Å². The smallest absolute Gasteiger partial charge is 0.251 e. The maximum absolute atomic E-state index is 13.0. The normalized spacial score (nSPS) is 35.7. The third-order valence-electron chi connectivity index (χ3n) is 6.66. The molecule has 35 heavy (non-hydrogen) atoms. The number of ketones is 2. The summed E-state index contributed by atoms with van der Waals surface area (Å²) in [6.07, 6.45) is 9.39. The lowest BCUT2D eigenvalue weighted by atomic mass is 9.85. The highest BCUT2D eigenvalue weighted by atomic mass is 16.5. The molecule has 6 atom stereocenters. The predicted molar refractivity (Wildman–Crippen MR) is 135 cm³/mol. The zero-order chi connectivity index (χ0) is 26.3. The molecule has 0 aromatic heterocycles. The lowest BCUT2D eigenvalue weighted by molar-refractivity contribution is -0.120. The second-order valence-corrected chi connectivity index (χ2v) is 9.74. The van der Waals surface area contributed by atoms with Gasteiger partial charge in [-0.2, -0.15) is 0 Å². The number of nitrogens with one attached hydrogen (secondary N) is 1. The van der Waals surface area contributed by atoms with Crippen molar-refractivity contribution in [3.05, 3.63) is 58.9 Å². The van der Waals surface area contributed by atoms with Gasteiger partial charge in [-0.05, 0) is 44.3 Å². The summed E-state index contributed by atoms with van der Waals surface area (Å²) in [6, 6.07) is 0. The second kappa shape index (κ2) is 12.9. The highest BCUT2D eigenvalue weighted by Gasteiger charge is 2.30. The SMILES string of the molecule is COC1CC(C)CC2=CC(=O)C=C(NC(=O)/C(C)=C/C=C\C(C)C(O)/C(C)=C/C(C)C1OC)C2=O. The number of aliphatic hydroxyl groups is 1. The van der Waals surface area contributed by atoms with Crippen LogP contribution in [0.2, 0.25) is 0 Å². The largest absolute Gasteiger partial charge is 0.388 e. The molecule has 0 aromatic rings. The molecule has 7 heteroatoms. The summed E-state index contributed by atoms with van der Waals surface area (Å²) in [5.74, 6) is -1.38. The van der Waals surface area contributed by atoms with Crippen molar-refractivity contribution in [1.29, 1.82) is 0 Å². The first kappa shape index (κ1) is 28.6. The van der Waals surface area contributed by atoms with Gasteiger partial charge in [0.2, 0.25) is 5.78 Å². The van der Waals surface area contributed by atoms with Crippen molar-refractivity contribution in [3.8, 4) is 0 Å². The maximum Gasteiger partial charge on any atom is 0.251 e. The lowest BCUT2D eigenvalue weighted by Crippen LogP contribution is -2.37. The molecule has 1 heterocycles. The average Bonchev–Trinajstić information content (AvgIpc) is 2.80. The minimum Gasteiger partial charge on any atom is -0.388 e. The number of aliphatic hydroxyl groups excluding tert-OH is 1. The number of methoxy groups -OCH3 is 2. The third-order valence-corrected chi connectivity index (χ3v) is 6.66. The van der Waals surface area contributed by atoms with Crippen molar-refractivity contribution in [3.63, 3.8) is 0 Å².